The van der Waals surface area contributed by atoms with Gasteiger partial charge in [0.25, 0.3) is 0 Å². The van der Waals surface area contributed by atoms with Crippen molar-refractivity contribution < 1.29 is 12.8 Å². The Balaban J connectivity index is 1.51. The van der Waals surface area contributed by atoms with Crippen molar-refractivity contribution in [3.8, 4) is 0 Å². The summed E-state index contributed by atoms with van der Waals surface area (Å²) in [5, 5.41) is 6.51. The molecular formula is C17H24FN3O2S. The Morgan fingerprint density at radius 1 is 1.38 bits per heavy atom. The maximum absolute atomic E-state index is 13.4. The molecule has 2 aliphatic rings. The van der Waals surface area contributed by atoms with E-state index < -0.39 is 9.84 Å². The lowest BCUT2D eigenvalue weighted by Crippen LogP contribution is -2.43. The van der Waals surface area contributed by atoms with Crippen LogP contribution >= 0.6 is 0 Å². The monoisotopic (exact) mass is 353 g/mol. The number of guanidine groups is 1. The lowest BCUT2D eigenvalue weighted by molar-refractivity contribution is 0.561. The summed E-state index contributed by atoms with van der Waals surface area (Å²) in [6, 6.07) is 6.78. The second-order valence-electron chi connectivity index (χ2n) is 6.87. The maximum Gasteiger partial charge on any atom is 0.191 e. The summed E-state index contributed by atoms with van der Waals surface area (Å²) in [4.78, 5) is 4.20. The first kappa shape index (κ1) is 17.2. The summed E-state index contributed by atoms with van der Waals surface area (Å²) in [6.07, 6.45) is 2.77. The number of hydrogen-bond acceptors (Lipinski definition) is 3. The van der Waals surface area contributed by atoms with Gasteiger partial charge in [0.05, 0.1) is 11.5 Å². The van der Waals surface area contributed by atoms with Gasteiger partial charge >= 0.3 is 0 Å². The van der Waals surface area contributed by atoms with E-state index >= 15 is 0 Å². The highest BCUT2D eigenvalue weighted by molar-refractivity contribution is 7.91. The average Bonchev–Trinajstić information content (AvgIpc) is 3.26. The van der Waals surface area contributed by atoms with Gasteiger partial charge in [0.1, 0.15) is 5.82 Å². The van der Waals surface area contributed by atoms with Crippen molar-refractivity contribution in [2.24, 2.45) is 10.9 Å². The third-order valence-electron chi connectivity index (χ3n) is 4.99. The Morgan fingerprint density at radius 3 is 2.75 bits per heavy atom. The number of aliphatic imine (C=N–C) groups is 1. The minimum absolute atomic E-state index is 0.0174. The largest absolute Gasteiger partial charge is 0.356 e. The fourth-order valence-electron chi connectivity index (χ4n) is 3.28. The van der Waals surface area contributed by atoms with Crippen LogP contribution in [-0.2, 0) is 15.3 Å². The number of nitrogens with one attached hydrogen (secondary N) is 2. The Hall–Kier alpha value is -1.63. The van der Waals surface area contributed by atoms with E-state index in [9.17, 15) is 12.8 Å². The summed E-state index contributed by atoms with van der Waals surface area (Å²) in [7, 11) is -1.15. The Kier molecular flexibility index (Phi) is 4.80. The topological polar surface area (TPSA) is 70.6 Å². The predicted molar refractivity (Wildman–Crippen MR) is 93.4 cm³/mol. The van der Waals surface area contributed by atoms with Crippen molar-refractivity contribution >= 4 is 15.8 Å². The number of benzene rings is 1. The molecule has 1 aliphatic heterocycles. The number of sulfone groups is 1. The molecule has 2 fully saturated rings. The van der Waals surface area contributed by atoms with Gasteiger partial charge in [0.2, 0.25) is 0 Å². The van der Waals surface area contributed by atoms with Crippen LogP contribution in [0.3, 0.4) is 0 Å². The molecule has 1 aliphatic carbocycles. The van der Waals surface area contributed by atoms with Crippen molar-refractivity contribution in [1.29, 1.82) is 0 Å². The molecule has 3 rings (SSSR count). The van der Waals surface area contributed by atoms with Gasteiger partial charge in [-0.05, 0) is 42.9 Å². The van der Waals surface area contributed by atoms with E-state index in [1.54, 1.807) is 19.2 Å². The lowest BCUT2D eigenvalue weighted by atomic mass is 9.96. The normalized spacial score (nSPS) is 24.6. The molecule has 1 unspecified atom stereocenters. The fourth-order valence-corrected chi connectivity index (χ4v) is 5.15. The van der Waals surface area contributed by atoms with Crippen LogP contribution in [0.5, 0.6) is 0 Å². The van der Waals surface area contributed by atoms with Crippen molar-refractivity contribution in [3.05, 3.63) is 35.6 Å². The van der Waals surface area contributed by atoms with Crippen LogP contribution in [0.4, 0.5) is 4.39 Å². The highest BCUT2D eigenvalue weighted by atomic mass is 32.2. The van der Waals surface area contributed by atoms with Gasteiger partial charge in [-0.1, -0.05) is 12.1 Å². The molecule has 5 nitrogen and oxygen atoms in total. The second kappa shape index (κ2) is 6.70. The van der Waals surface area contributed by atoms with Gasteiger partial charge in [0.15, 0.2) is 15.8 Å². The lowest BCUT2D eigenvalue weighted by Gasteiger charge is -2.20. The van der Waals surface area contributed by atoms with Crippen LogP contribution in [0.2, 0.25) is 0 Å². The standard InChI is InChI=1S/C17H24FN3O2S/c1-19-16(20-10-13-5-8-24(22,23)11-13)21-12-17(6-7-17)14-3-2-4-15(18)9-14/h2-4,9,13H,5-8,10-12H2,1H3,(H2,19,20,21). The molecule has 1 atom stereocenters. The zero-order chi connectivity index (χ0) is 17.2. The Labute approximate surface area is 142 Å². The van der Waals surface area contributed by atoms with E-state index in [0.717, 1.165) is 18.4 Å². The fraction of sp³-hybridized carbons (Fsp3) is 0.588. The van der Waals surface area contributed by atoms with Crippen LogP contribution < -0.4 is 10.6 Å². The van der Waals surface area contributed by atoms with Crippen molar-refractivity contribution in [2.75, 3.05) is 31.6 Å². The first-order valence-corrected chi connectivity index (χ1v) is 10.2. The third-order valence-corrected chi connectivity index (χ3v) is 6.83. The Bertz CT molecular complexity index is 729. The molecule has 24 heavy (non-hydrogen) atoms. The van der Waals surface area contributed by atoms with E-state index in [2.05, 4.69) is 15.6 Å². The summed E-state index contributed by atoms with van der Waals surface area (Å²) in [6.45, 7) is 1.30. The number of nitrogens with zero attached hydrogens (tertiary/aromatic N) is 1. The second-order valence-corrected chi connectivity index (χ2v) is 9.10. The van der Waals surface area contributed by atoms with Crippen molar-refractivity contribution in [2.45, 2.75) is 24.7 Å². The van der Waals surface area contributed by atoms with Crippen LogP contribution in [-0.4, -0.2) is 46.0 Å². The van der Waals surface area contributed by atoms with Gasteiger partial charge in [0, 0.05) is 25.6 Å². The molecule has 1 aromatic carbocycles. The number of rotatable bonds is 5. The Morgan fingerprint density at radius 2 is 2.17 bits per heavy atom. The third kappa shape index (κ3) is 4.06. The highest BCUT2D eigenvalue weighted by Gasteiger charge is 2.44. The minimum Gasteiger partial charge on any atom is -0.356 e. The first-order chi connectivity index (χ1) is 11.4. The van der Waals surface area contributed by atoms with Gasteiger partial charge in [-0.15, -0.1) is 0 Å². The van der Waals surface area contributed by atoms with E-state index in [0.29, 0.717) is 25.5 Å². The molecule has 0 bridgehead atoms. The molecule has 0 radical (unpaired) electrons. The van der Waals surface area contributed by atoms with E-state index in [1.165, 1.54) is 6.07 Å². The van der Waals surface area contributed by atoms with Gasteiger partial charge in [-0.25, -0.2) is 12.8 Å². The van der Waals surface area contributed by atoms with E-state index in [-0.39, 0.29) is 28.7 Å². The summed E-state index contributed by atoms with van der Waals surface area (Å²) in [5.41, 5.74) is 1.00. The van der Waals surface area contributed by atoms with Gasteiger partial charge < -0.3 is 10.6 Å². The van der Waals surface area contributed by atoms with Gasteiger partial charge in [-0.3, -0.25) is 4.99 Å². The van der Waals surface area contributed by atoms with Crippen LogP contribution in [0.25, 0.3) is 0 Å². The molecule has 1 saturated carbocycles. The highest BCUT2D eigenvalue weighted by Crippen LogP contribution is 2.47. The van der Waals surface area contributed by atoms with Crippen molar-refractivity contribution in [1.82, 2.24) is 10.6 Å². The van der Waals surface area contributed by atoms with Crippen LogP contribution in [0, 0.1) is 11.7 Å². The smallest absolute Gasteiger partial charge is 0.191 e. The zero-order valence-electron chi connectivity index (χ0n) is 13.9. The van der Waals surface area contributed by atoms with E-state index in [4.69, 9.17) is 0 Å². The molecule has 132 valence electrons. The zero-order valence-corrected chi connectivity index (χ0v) is 14.7. The molecule has 0 aromatic heterocycles. The predicted octanol–water partition coefficient (Wildman–Crippen LogP) is 1.46. The molecule has 0 spiro atoms. The molecule has 2 N–H and O–H groups in total. The minimum atomic E-state index is -2.85. The molecule has 7 heteroatoms. The van der Waals surface area contributed by atoms with Crippen LogP contribution in [0.15, 0.2) is 29.3 Å². The first-order valence-electron chi connectivity index (χ1n) is 8.33. The number of hydrogen-bond donors (Lipinski definition) is 2. The summed E-state index contributed by atoms with van der Waals surface area (Å²) < 4.78 is 36.4. The summed E-state index contributed by atoms with van der Waals surface area (Å²) >= 11 is 0. The molecular weight excluding hydrogens is 329 g/mol. The van der Waals surface area contributed by atoms with Crippen molar-refractivity contribution in [3.63, 3.8) is 0 Å². The van der Waals surface area contributed by atoms with Gasteiger partial charge in [-0.2, -0.15) is 0 Å². The average molecular weight is 353 g/mol. The SMILES string of the molecule is CN=C(NCC1CCS(=O)(=O)C1)NCC1(c2cccc(F)c2)CC1. The molecule has 0 amide bonds. The molecule has 1 saturated heterocycles. The molecule has 1 aromatic rings. The van der Waals surface area contributed by atoms with Crippen LogP contribution in [0.1, 0.15) is 24.8 Å². The number of halogens is 1. The quantitative estimate of drug-likeness (QED) is 0.621. The maximum atomic E-state index is 13.4. The summed E-state index contributed by atoms with van der Waals surface area (Å²) in [5.74, 6) is 1.15. The van der Waals surface area contributed by atoms with E-state index in [1.807, 2.05) is 6.07 Å². The molecule has 1 heterocycles.